The number of para-hydroxylation sites is 1. The molecule has 1 atom stereocenters. The molecule has 1 N–H and O–H groups in total. The van der Waals surface area contributed by atoms with Crippen molar-refractivity contribution in [1.82, 2.24) is 9.78 Å². The Labute approximate surface area is 165 Å². The summed E-state index contributed by atoms with van der Waals surface area (Å²) in [6.45, 7) is 6.83. The number of unbranched alkanes of at least 4 members (excludes halogenated alkanes) is 1. The Morgan fingerprint density at radius 1 is 1.07 bits per heavy atom. The van der Waals surface area contributed by atoms with E-state index in [0.29, 0.717) is 23.2 Å². The lowest BCUT2D eigenvalue weighted by molar-refractivity contribution is 0.102. The van der Waals surface area contributed by atoms with E-state index in [1.54, 1.807) is 12.1 Å². The van der Waals surface area contributed by atoms with Crippen molar-refractivity contribution in [2.45, 2.75) is 52.5 Å². The average Bonchev–Trinajstić information content (AvgIpc) is 2.73. The number of nitrogens with one attached hydrogen (secondary N) is 1. The molecular weight excluding hydrogens is 350 g/mol. The van der Waals surface area contributed by atoms with Crippen LogP contribution in [0.1, 0.15) is 62.0 Å². The lowest BCUT2D eigenvalue weighted by atomic mass is 9.97. The zero-order valence-electron chi connectivity index (χ0n) is 16.7. The van der Waals surface area contributed by atoms with E-state index < -0.39 is 0 Å². The first kappa shape index (κ1) is 19.8. The Hall–Kier alpha value is -2.95. The van der Waals surface area contributed by atoms with Gasteiger partial charge in [0.15, 0.2) is 5.69 Å². The summed E-state index contributed by atoms with van der Waals surface area (Å²) in [6.07, 6.45) is 2.77. The number of nitrogens with zero attached hydrogens (tertiary/aromatic N) is 2. The molecule has 0 bridgehead atoms. The van der Waals surface area contributed by atoms with Crippen molar-refractivity contribution in [3.05, 3.63) is 70.1 Å². The maximum Gasteiger partial charge on any atom is 0.276 e. The predicted molar refractivity (Wildman–Crippen MR) is 114 cm³/mol. The van der Waals surface area contributed by atoms with E-state index in [9.17, 15) is 9.59 Å². The molecule has 2 aromatic carbocycles. The highest BCUT2D eigenvalue weighted by Gasteiger charge is 2.18. The molecule has 0 aliphatic heterocycles. The van der Waals surface area contributed by atoms with Crippen LogP contribution >= 0.6 is 0 Å². The molecule has 0 fully saturated rings. The molecule has 0 radical (unpaired) electrons. The number of hydrogen-bond donors (Lipinski definition) is 1. The predicted octanol–water partition coefficient (Wildman–Crippen LogP) is 4.96. The zero-order chi connectivity index (χ0) is 20.1. The number of aromatic nitrogens is 2. The van der Waals surface area contributed by atoms with Crippen molar-refractivity contribution < 1.29 is 4.79 Å². The van der Waals surface area contributed by atoms with Gasteiger partial charge in [-0.2, -0.15) is 5.10 Å². The Balaban J connectivity index is 2.05. The van der Waals surface area contributed by atoms with Crippen LogP contribution in [0.15, 0.2) is 53.3 Å². The van der Waals surface area contributed by atoms with E-state index in [-0.39, 0.29) is 17.2 Å². The number of amides is 1. The third-order valence-corrected chi connectivity index (χ3v) is 5.16. The average molecular weight is 377 g/mol. The van der Waals surface area contributed by atoms with Gasteiger partial charge in [0.05, 0.1) is 5.39 Å². The highest BCUT2D eigenvalue weighted by atomic mass is 16.2. The highest BCUT2D eigenvalue weighted by molar-refractivity contribution is 6.11. The van der Waals surface area contributed by atoms with Crippen LogP contribution < -0.4 is 10.9 Å². The summed E-state index contributed by atoms with van der Waals surface area (Å²) in [5.41, 5.74) is 2.02. The van der Waals surface area contributed by atoms with E-state index in [4.69, 9.17) is 0 Å². The van der Waals surface area contributed by atoms with Crippen molar-refractivity contribution in [1.29, 1.82) is 0 Å². The SMILES string of the molecule is CCCCn1nc(C(=O)Nc2ccccc2C(C)CC)c2ccccc2c1=O. The van der Waals surface area contributed by atoms with Crippen molar-refractivity contribution in [3.8, 4) is 0 Å². The van der Waals surface area contributed by atoms with Gasteiger partial charge >= 0.3 is 0 Å². The van der Waals surface area contributed by atoms with E-state index in [2.05, 4.69) is 31.2 Å². The molecule has 0 aliphatic rings. The fourth-order valence-corrected chi connectivity index (χ4v) is 3.30. The van der Waals surface area contributed by atoms with E-state index in [0.717, 1.165) is 30.5 Å². The number of benzene rings is 2. The van der Waals surface area contributed by atoms with Crippen LogP contribution in [0.5, 0.6) is 0 Å². The highest BCUT2D eigenvalue weighted by Crippen LogP contribution is 2.27. The second-order valence-electron chi connectivity index (χ2n) is 7.13. The fourth-order valence-electron chi connectivity index (χ4n) is 3.30. The molecule has 0 saturated carbocycles. The number of aryl methyl sites for hydroxylation is 1. The minimum absolute atomic E-state index is 0.152. The van der Waals surface area contributed by atoms with Crippen molar-refractivity contribution in [2.24, 2.45) is 0 Å². The fraction of sp³-hybridized carbons (Fsp3) is 0.348. The van der Waals surface area contributed by atoms with Crippen LogP contribution in [0.4, 0.5) is 5.69 Å². The first-order chi connectivity index (χ1) is 13.6. The van der Waals surface area contributed by atoms with E-state index >= 15 is 0 Å². The second-order valence-corrected chi connectivity index (χ2v) is 7.13. The van der Waals surface area contributed by atoms with Gasteiger partial charge < -0.3 is 5.32 Å². The number of carbonyl (C=O) groups excluding carboxylic acids is 1. The molecular formula is C23H27N3O2. The monoisotopic (exact) mass is 377 g/mol. The smallest absolute Gasteiger partial charge is 0.276 e. The minimum atomic E-state index is -0.294. The molecule has 1 unspecified atom stereocenters. The summed E-state index contributed by atoms with van der Waals surface area (Å²) < 4.78 is 1.42. The summed E-state index contributed by atoms with van der Waals surface area (Å²) in [6, 6.07) is 15.0. The summed E-state index contributed by atoms with van der Waals surface area (Å²) in [4.78, 5) is 25.9. The maximum atomic E-state index is 13.1. The van der Waals surface area contributed by atoms with Gasteiger partial charge in [-0.05, 0) is 36.5 Å². The lowest BCUT2D eigenvalue weighted by Crippen LogP contribution is -2.28. The maximum absolute atomic E-state index is 13.1. The minimum Gasteiger partial charge on any atom is -0.320 e. The third kappa shape index (κ3) is 3.98. The Kier molecular flexibility index (Phi) is 6.24. The standard InChI is InChI=1S/C23H27N3O2/c1-4-6-15-26-23(28)19-13-8-7-12-18(19)21(25-26)22(27)24-20-14-10-9-11-17(20)16(3)5-2/h7-14,16H,4-6,15H2,1-3H3,(H,24,27). The lowest BCUT2D eigenvalue weighted by Gasteiger charge is -2.16. The normalized spacial score (nSPS) is 12.1. The number of fused-ring (bicyclic) bond motifs is 1. The van der Waals surface area contributed by atoms with Gasteiger partial charge in [-0.25, -0.2) is 4.68 Å². The van der Waals surface area contributed by atoms with E-state index in [1.807, 2.05) is 36.4 Å². The second kappa shape index (κ2) is 8.83. The molecule has 1 amide bonds. The first-order valence-corrected chi connectivity index (χ1v) is 9.96. The number of hydrogen-bond acceptors (Lipinski definition) is 3. The van der Waals surface area contributed by atoms with Crippen molar-refractivity contribution >= 4 is 22.4 Å². The topological polar surface area (TPSA) is 64.0 Å². The Morgan fingerprint density at radius 2 is 1.75 bits per heavy atom. The van der Waals surface area contributed by atoms with Gasteiger partial charge in [-0.15, -0.1) is 0 Å². The summed E-state index contributed by atoms with van der Waals surface area (Å²) >= 11 is 0. The molecule has 1 aromatic heterocycles. The quantitative estimate of drug-likeness (QED) is 0.633. The molecule has 3 aromatic rings. The van der Waals surface area contributed by atoms with Gasteiger partial charge in [0, 0.05) is 17.6 Å². The molecule has 1 heterocycles. The van der Waals surface area contributed by atoms with Crippen molar-refractivity contribution in [2.75, 3.05) is 5.32 Å². The summed E-state index contributed by atoms with van der Waals surface area (Å²) in [7, 11) is 0. The van der Waals surface area contributed by atoms with Gasteiger partial charge in [0.25, 0.3) is 11.5 Å². The number of rotatable bonds is 7. The molecule has 3 rings (SSSR count). The molecule has 5 nitrogen and oxygen atoms in total. The van der Waals surface area contributed by atoms with Crippen LogP contribution in [0.25, 0.3) is 10.8 Å². The van der Waals surface area contributed by atoms with Crippen LogP contribution in [-0.4, -0.2) is 15.7 Å². The molecule has 5 heteroatoms. The van der Waals surface area contributed by atoms with Gasteiger partial charge in [0.1, 0.15) is 0 Å². The molecule has 0 aliphatic carbocycles. The van der Waals surface area contributed by atoms with Gasteiger partial charge in [-0.1, -0.05) is 63.6 Å². The molecule has 146 valence electrons. The number of carbonyl (C=O) groups is 1. The Bertz CT molecular complexity index is 1040. The molecule has 28 heavy (non-hydrogen) atoms. The van der Waals surface area contributed by atoms with Gasteiger partial charge in [-0.3, -0.25) is 9.59 Å². The van der Waals surface area contributed by atoms with Crippen LogP contribution in [-0.2, 0) is 6.54 Å². The largest absolute Gasteiger partial charge is 0.320 e. The zero-order valence-corrected chi connectivity index (χ0v) is 16.7. The third-order valence-electron chi connectivity index (χ3n) is 5.16. The van der Waals surface area contributed by atoms with Crippen molar-refractivity contribution in [3.63, 3.8) is 0 Å². The van der Waals surface area contributed by atoms with Crippen LogP contribution in [0.3, 0.4) is 0 Å². The van der Waals surface area contributed by atoms with Crippen LogP contribution in [0.2, 0.25) is 0 Å². The molecule has 0 spiro atoms. The van der Waals surface area contributed by atoms with Crippen LogP contribution in [0, 0.1) is 0 Å². The molecule has 0 saturated heterocycles. The summed E-state index contributed by atoms with van der Waals surface area (Å²) in [5, 5.41) is 8.55. The van der Waals surface area contributed by atoms with Gasteiger partial charge in [0.2, 0.25) is 0 Å². The Morgan fingerprint density at radius 3 is 2.46 bits per heavy atom. The summed E-state index contributed by atoms with van der Waals surface area (Å²) in [5.74, 6) is 0.0388. The first-order valence-electron chi connectivity index (χ1n) is 9.96. The van der Waals surface area contributed by atoms with E-state index in [1.165, 1.54) is 4.68 Å². The number of anilines is 1.